The lowest BCUT2D eigenvalue weighted by molar-refractivity contribution is -0.140. The van der Waals surface area contributed by atoms with Crippen molar-refractivity contribution in [2.24, 2.45) is 11.8 Å². The first-order valence-corrected chi connectivity index (χ1v) is 9.42. The molecule has 27 heavy (non-hydrogen) atoms. The van der Waals surface area contributed by atoms with Gasteiger partial charge in [0.1, 0.15) is 5.60 Å². The molecule has 2 N–H and O–H groups in total. The molecule has 1 rings (SSSR count). The second kappa shape index (κ2) is 10.1. The van der Waals surface area contributed by atoms with E-state index in [1.54, 1.807) is 6.08 Å². The van der Waals surface area contributed by atoms with Crippen LogP contribution in [0.3, 0.4) is 0 Å². The fourth-order valence-corrected chi connectivity index (χ4v) is 2.80. The maximum absolute atomic E-state index is 12.2. The molecule has 1 aromatic carbocycles. The number of carbonyl (C=O) groups is 2. The number of carboxylic acid groups (broad SMARTS) is 1. The predicted octanol–water partition coefficient (Wildman–Crippen LogP) is 4.82. The first-order valence-electron chi connectivity index (χ1n) is 9.42. The number of carboxylic acids is 1. The van der Waals surface area contributed by atoms with Gasteiger partial charge in [0, 0.05) is 0 Å². The van der Waals surface area contributed by atoms with Crippen LogP contribution < -0.4 is 5.32 Å². The molecule has 2 atom stereocenters. The summed E-state index contributed by atoms with van der Waals surface area (Å²) in [5.41, 5.74) is 1.22. The van der Waals surface area contributed by atoms with E-state index in [2.05, 4.69) is 19.2 Å². The number of amides is 1. The van der Waals surface area contributed by atoms with Crippen LogP contribution in [0.2, 0.25) is 0 Å². The molecule has 150 valence electrons. The van der Waals surface area contributed by atoms with E-state index < -0.39 is 23.6 Å². The molecule has 1 aromatic rings. The van der Waals surface area contributed by atoms with Gasteiger partial charge in [-0.3, -0.25) is 4.79 Å². The summed E-state index contributed by atoms with van der Waals surface area (Å²) in [5.74, 6) is -1.19. The van der Waals surface area contributed by atoms with Crippen molar-refractivity contribution in [3.05, 3.63) is 47.5 Å². The molecule has 0 unspecified atom stereocenters. The van der Waals surface area contributed by atoms with Crippen LogP contribution >= 0.6 is 0 Å². The van der Waals surface area contributed by atoms with Gasteiger partial charge in [0.15, 0.2) is 0 Å². The monoisotopic (exact) mass is 375 g/mol. The minimum Gasteiger partial charge on any atom is -0.481 e. The number of benzene rings is 1. The zero-order valence-electron chi connectivity index (χ0n) is 17.3. The van der Waals surface area contributed by atoms with E-state index in [4.69, 9.17) is 4.74 Å². The van der Waals surface area contributed by atoms with E-state index in [0.29, 0.717) is 18.8 Å². The zero-order chi connectivity index (χ0) is 20.6. The molecular weight excluding hydrogens is 342 g/mol. The van der Waals surface area contributed by atoms with E-state index in [1.165, 1.54) is 0 Å². The van der Waals surface area contributed by atoms with Crippen molar-refractivity contribution in [3.63, 3.8) is 0 Å². The van der Waals surface area contributed by atoms with Crippen molar-refractivity contribution in [1.29, 1.82) is 0 Å². The maximum atomic E-state index is 12.2. The average molecular weight is 376 g/mol. The Hall–Kier alpha value is -2.30. The smallest absolute Gasteiger partial charge is 0.408 e. The molecule has 0 bridgehead atoms. The molecule has 0 heterocycles. The SMILES string of the molecule is C/C(=C\[C@H](Cc1ccccc1)C(=O)O)[C@H](CC(C)C)NC(=O)OC(C)(C)C. The van der Waals surface area contributed by atoms with Gasteiger partial charge in [0.05, 0.1) is 12.0 Å². The second-order valence-electron chi connectivity index (χ2n) is 8.37. The summed E-state index contributed by atoms with van der Waals surface area (Å²) in [6, 6.07) is 9.28. The van der Waals surface area contributed by atoms with Crippen molar-refractivity contribution >= 4 is 12.1 Å². The Labute approximate surface area is 162 Å². The average Bonchev–Trinajstić information content (AvgIpc) is 2.52. The number of nitrogens with one attached hydrogen (secondary N) is 1. The van der Waals surface area contributed by atoms with Crippen LogP contribution in [0.4, 0.5) is 4.79 Å². The molecule has 0 fully saturated rings. The highest BCUT2D eigenvalue weighted by Gasteiger charge is 2.23. The van der Waals surface area contributed by atoms with Gasteiger partial charge in [0.2, 0.25) is 0 Å². The third-order valence-electron chi connectivity index (χ3n) is 4.03. The first-order chi connectivity index (χ1) is 12.5. The Morgan fingerprint density at radius 3 is 2.26 bits per heavy atom. The number of hydrogen-bond donors (Lipinski definition) is 2. The lowest BCUT2D eigenvalue weighted by Gasteiger charge is -2.26. The zero-order valence-corrected chi connectivity index (χ0v) is 17.3. The van der Waals surface area contributed by atoms with Gasteiger partial charge < -0.3 is 15.2 Å². The third kappa shape index (κ3) is 9.27. The van der Waals surface area contributed by atoms with Gasteiger partial charge in [-0.2, -0.15) is 0 Å². The van der Waals surface area contributed by atoms with Gasteiger partial charge in [-0.1, -0.05) is 55.8 Å². The highest BCUT2D eigenvalue weighted by molar-refractivity contribution is 5.73. The third-order valence-corrected chi connectivity index (χ3v) is 4.03. The molecule has 0 saturated carbocycles. The van der Waals surface area contributed by atoms with Crippen LogP contribution in [0.25, 0.3) is 0 Å². The number of aliphatic carboxylic acids is 1. The molecule has 0 radical (unpaired) electrons. The van der Waals surface area contributed by atoms with Crippen LogP contribution in [0, 0.1) is 11.8 Å². The van der Waals surface area contributed by atoms with Crippen LogP contribution in [-0.4, -0.2) is 28.8 Å². The molecule has 5 nitrogen and oxygen atoms in total. The van der Waals surface area contributed by atoms with Crippen LogP contribution in [-0.2, 0) is 16.0 Å². The number of carbonyl (C=O) groups excluding carboxylic acids is 1. The van der Waals surface area contributed by atoms with Crippen molar-refractivity contribution in [2.75, 3.05) is 0 Å². The van der Waals surface area contributed by atoms with Crippen molar-refractivity contribution < 1.29 is 19.4 Å². The molecule has 1 amide bonds. The summed E-state index contributed by atoms with van der Waals surface area (Å²) in [7, 11) is 0. The largest absolute Gasteiger partial charge is 0.481 e. The molecule has 0 spiro atoms. The lowest BCUT2D eigenvalue weighted by Crippen LogP contribution is -2.40. The van der Waals surface area contributed by atoms with E-state index in [9.17, 15) is 14.7 Å². The fraction of sp³-hybridized carbons (Fsp3) is 0.545. The molecular formula is C22H33NO4. The summed E-state index contributed by atoms with van der Waals surface area (Å²) in [6.45, 7) is 11.4. The fourth-order valence-electron chi connectivity index (χ4n) is 2.80. The Morgan fingerprint density at radius 2 is 1.78 bits per heavy atom. The van der Waals surface area contributed by atoms with Crippen molar-refractivity contribution in [1.82, 2.24) is 5.32 Å². The minimum absolute atomic E-state index is 0.266. The van der Waals surface area contributed by atoms with E-state index >= 15 is 0 Å². The number of ether oxygens (including phenoxy) is 1. The number of alkyl carbamates (subject to hydrolysis) is 1. The van der Waals surface area contributed by atoms with Gasteiger partial charge >= 0.3 is 12.1 Å². The van der Waals surface area contributed by atoms with Crippen LogP contribution in [0.1, 0.15) is 53.5 Å². The second-order valence-corrected chi connectivity index (χ2v) is 8.37. The quantitative estimate of drug-likeness (QED) is 0.639. The Morgan fingerprint density at radius 1 is 1.19 bits per heavy atom. The first kappa shape index (κ1) is 22.7. The normalized spacial score (nSPS) is 14.6. The number of hydrogen-bond acceptors (Lipinski definition) is 3. The number of rotatable bonds is 8. The molecule has 5 heteroatoms. The molecule has 0 aliphatic carbocycles. The Kier molecular flexibility index (Phi) is 8.54. The van der Waals surface area contributed by atoms with E-state index in [0.717, 1.165) is 11.1 Å². The summed E-state index contributed by atoms with van der Waals surface area (Å²) in [6.07, 6.45) is 2.38. The van der Waals surface area contributed by atoms with Crippen LogP contribution in [0.5, 0.6) is 0 Å². The summed E-state index contributed by atoms with van der Waals surface area (Å²) in [4.78, 5) is 23.9. The minimum atomic E-state index is -0.876. The van der Waals surface area contributed by atoms with Crippen LogP contribution in [0.15, 0.2) is 42.0 Å². The van der Waals surface area contributed by atoms with Gasteiger partial charge in [0.25, 0.3) is 0 Å². The highest BCUT2D eigenvalue weighted by atomic mass is 16.6. The predicted molar refractivity (Wildman–Crippen MR) is 108 cm³/mol. The molecule has 0 saturated heterocycles. The van der Waals surface area contributed by atoms with Gasteiger partial charge in [-0.15, -0.1) is 0 Å². The van der Waals surface area contributed by atoms with E-state index in [1.807, 2.05) is 58.0 Å². The molecule has 0 aromatic heterocycles. The van der Waals surface area contributed by atoms with Crippen molar-refractivity contribution in [3.8, 4) is 0 Å². The van der Waals surface area contributed by atoms with Crippen molar-refractivity contribution in [2.45, 2.75) is 66.0 Å². The van der Waals surface area contributed by atoms with Gasteiger partial charge in [-0.25, -0.2) is 4.79 Å². The summed E-state index contributed by atoms with van der Waals surface area (Å²) < 4.78 is 5.35. The Bertz CT molecular complexity index is 644. The van der Waals surface area contributed by atoms with Gasteiger partial charge in [-0.05, 0) is 52.0 Å². The highest BCUT2D eigenvalue weighted by Crippen LogP contribution is 2.19. The summed E-state index contributed by atoms with van der Waals surface area (Å²) in [5, 5.41) is 12.5. The molecule has 0 aliphatic heterocycles. The summed E-state index contributed by atoms with van der Waals surface area (Å²) >= 11 is 0. The standard InChI is InChI=1S/C22H33NO4/c1-15(2)12-19(23-21(26)27-22(4,5)6)16(3)13-18(20(24)25)14-17-10-8-7-9-11-17/h7-11,13,15,18-19H,12,14H2,1-6H3,(H,23,26)(H,24,25)/b16-13+/t18-,19+/m1/s1. The van der Waals surface area contributed by atoms with E-state index in [-0.39, 0.29) is 6.04 Å². The Balaban J connectivity index is 2.96. The lowest BCUT2D eigenvalue weighted by atomic mass is 9.92. The maximum Gasteiger partial charge on any atom is 0.408 e. The molecule has 0 aliphatic rings. The topological polar surface area (TPSA) is 75.6 Å².